The summed E-state index contributed by atoms with van der Waals surface area (Å²) in [7, 11) is 0. The van der Waals surface area contributed by atoms with Crippen molar-refractivity contribution in [1.82, 2.24) is 25.6 Å². The van der Waals surface area contributed by atoms with Crippen molar-refractivity contribution in [3.8, 4) is 0 Å². The van der Waals surface area contributed by atoms with Crippen LogP contribution < -0.4 is 22.1 Å². The SMILES string of the molecule is CCOC(=O)NC(=NCCCc1cnc[nH]1)NCCSCc1csc(N=C(N)N)n1. The van der Waals surface area contributed by atoms with E-state index in [1.54, 1.807) is 31.2 Å². The highest BCUT2D eigenvalue weighted by molar-refractivity contribution is 7.98. The van der Waals surface area contributed by atoms with Crippen LogP contribution in [0.1, 0.15) is 24.7 Å². The Labute approximate surface area is 183 Å². The summed E-state index contributed by atoms with van der Waals surface area (Å²) < 4.78 is 4.93. The number of ether oxygens (including phenoxy) is 1. The molecule has 2 rings (SSSR count). The molecule has 11 nitrogen and oxygen atoms in total. The molecule has 2 aromatic rings. The zero-order valence-corrected chi connectivity index (χ0v) is 18.4. The van der Waals surface area contributed by atoms with Crippen molar-refractivity contribution in [2.75, 3.05) is 25.4 Å². The number of nitrogens with one attached hydrogen (secondary N) is 3. The number of H-pyrrole nitrogens is 1. The maximum absolute atomic E-state index is 11.7. The number of aryl methyl sites for hydroxylation is 1. The van der Waals surface area contributed by atoms with Gasteiger partial charge in [-0.05, 0) is 19.8 Å². The second-order valence-corrected chi connectivity index (χ2v) is 7.84. The number of aromatic nitrogens is 3. The lowest BCUT2D eigenvalue weighted by Crippen LogP contribution is -2.42. The Morgan fingerprint density at radius 3 is 3.03 bits per heavy atom. The zero-order chi connectivity index (χ0) is 21.6. The quantitative estimate of drug-likeness (QED) is 0.193. The number of carbonyl (C=O) groups is 1. The Balaban J connectivity index is 1.72. The number of nitrogens with zero attached hydrogens (tertiary/aromatic N) is 4. The molecule has 0 fully saturated rings. The molecule has 0 aliphatic rings. The number of hydrogen-bond acceptors (Lipinski definition) is 8. The number of aliphatic imine (C=N–C) groups is 2. The number of thiazole rings is 1. The van der Waals surface area contributed by atoms with Crippen LogP contribution >= 0.6 is 23.1 Å². The van der Waals surface area contributed by atoms with Gasteiger partial charge in [-0.1, -0.05) is 0 Å². The van der Waals surface area contributed by atoms with Crippen molar-refractivity contribution in [2.24, 2.45) is 21.5 Å². The molecule has 2 aromatic heterocycles. The Morgan fingerprint density at radius 1 is 1.43 bits per heavy atom. The van der Waals surface area contributed by atoms with Crippen LogP contribution in [-0.2, 0) is 16.9 Å². The van der Waals surface area contributed by atoms with Crippen molar-refractivity contribution < 1.29 is 9.53 Å². The van der Waals surface area contributed by atoms with Crippen molar-refractivity contribution in [1.29, 1.82) is 0 Å². The molecule has 1 amide bonds. The van der Waals surface area contributed by atoms with Gasteiger partial charge in [0.15, 0.2) is 5.96 Å². The van der Waals surface area contributed by atoms with Crippen LogP contribution in [0.4, 0.5) is 9.93 Å². The maximum atomic E-state index is 11.7. The topological polar surface area (TPSA) is 169 Å². The van der Waals surface area contributed by atoms with E-state index in [0.29, 0.717) is 30.8 Å². The number of hydrogen-bond donors (Lipinski definition) is 5. The lowest BCUT2D eigenvalue weighted by Gasteiger charge is -2.11. The Hall–Kier alpha value is -2.80. The van der Waals surface area contributed by atoms with Crippen molar-refractivity contribution >= 4 is 46.2 Å². The molecule has 0 radical (unpaired) electrons. The van der Waals surface area contributed by atoms with Gasteiger partial charge in [0.1, 0.15) is 0 Å². The van der Waals surface area contributed by atoms with Gasteiger partial charge in [-0.15, -0.1) is 11.3 Å². The molecular weight excluding hydrogens is 426 g/mol. The molecule has 0 unspecified atom stereocenters. The van der Waals surface area contributed by atoms with Crippen molar-refractivity contribution in [2.45, 2.75) is 25.5 Å². The molecule has 7 N–H and O–H groups in total. The third-order valence-corrected chi connectivity index (χ3v) is 5.25. The summed E-state index contributed by atoms with van der Waals surface area (Å²) in [5.41, 5.74) is 12.7. The predicted molar refractivity (Wildman–Crippen MR) is 121 cm³/mol. The second kappa shape index (κ2) is 13.4. The second-order valence-electron chi connectivity index (χ2n) is 5.89. The number of carbonyl (C=O) groups excluding carboxylic acids is 1. The van der Waals surface area contributed by atoms with Gasteiger partial charge in [0.2, 0.25) is 11.1 Å². The Morgan fingerprint density at radius 2 is 2.30 bits per heavy atom. The minimum absolute atomic E-state index is 0.00164. The number of aromatic amines is 1. The molecule has 0 aliphatic carbocycles. The molecule has 0 saturated carbocycles. The average molecular weight is 454 g/mol. The lowest BCUT2D eigenvalue weighted by molar-refractivity contribution is 0.157. The van der Waals surface area contributed by atoms with E-state index in [1.165, 1.54) is 11.3 Å². The standard InChI is InChI=1S/C17H27N9O2S2/c1-2-28-17(27)26-15(21-5-3-4-12-8-20-11-23-12)22-6-7-29-9-13-10-30-16(24-13)25-14(18)19/h8,10-11H,2-7,9H2,1H3,(H,20,23)(H4,18,19,24,25)(H2,21,22,26,27). The van der Waals surface area contributed by atoms with Crippen LogP contribution in [0.25, 0.3) is 0 Å². The summed E-state index contributed by atoms with van der Waals surface area (Å²) >= 11 is 3.09. The minimum atomic E-state index is -0.528. The lowest BCUT2D eigenvalue weighted by atomic mass is 10.2. The molecule has 0 spiro atoms. The fourth-order valence-corrected chi connectivity index (χ4v) is 3.79. The van der Waals surface area contributed by atoms with Gasteiger partial charge < -0.3 is 26.5 Å². The third kappa shape index (κ3) is 9.60. The van der Waals surface area contributed by atoms with Crippen LogP contribution in [-0.4, -0.2) is 58.4 Å². The largest absolute Gasteiger partial charge is 0.450 e. The van der Waals surface area contributed by atoms with E-state index in [4.69, 9.17) is 16.2 Å². The highest BCUT2D eigenvalue weighted by atomic mass is 32.2. The van der Waals surface area contributed by atoms with Gasteiger partial charge in [-0.3, -0.25) is 10.3 Å². The molecular formula is C17H27N9O2S2. The summed E-state index contributed by atoms with van der Waals surface area (Å²) in [6.45, 7) is 3.24. The van der Waals surface area contributed by atoms with Crippen LogP contribution in [0, 0.1) is 0 Å². The number of alkyl carbamates (subject to hydrolysis) is 1. The van der Waals surface area contributed by atoms with E-state index in [-0.39, 0.29) is 5.96 Å². The summed E-state index contributed by atoms with van der Waals surface area (Å²) in [5, 5.41) is 8.26. The molecule has 0 aromatic carbocycles. The zero-order valence-electron chi connectivity index (χ0n) is 16.8. The van der Waals surface area contributed by atoms with E-state index in [2.05, 4.69) is 35.6 Å². The first-order valence-electron chi connectivity index (χ1n) is 9.38. The van der Waals surface area contributed by atoms with Gasteiger partial charge in [0.05, 0.1) is 18.6 Å². The molecule has 164 valence electrons. The van der Waals surface area contributed by atoms with E-state index in [1.807, 2.05) is 5.38 Å². The predicted octanol–water partition coefficient (Wildman–Crippen LogP) is 1.33. The number of thioether (sulfide) groups is 1. The monoisotopic (exact) mass is 453 g/mol. The summed E-state index contributed by atoms with van der Waals surface area (Å²) in [6, 6.07) is 0. The first kappa shape index (κ1) is 23.5. The fraction of sp³-hybridized carbons (Fsp3) is 0.471. The number of amides is 1. The molecule has 13 heteroatoms. The first-order chi connectivity index (χ1) is 14.6. The normalized spacial score (nSPS) is 11.2. The van der Waals surface area contributed by atoms with Crippen LogP contribution in [0.2, 0.25) is 0 Å². The van der Waals surface area contributed by atoms with Gasteiger partial charge >= 0.3 is 6.09 Å². The molecule has 0 atom stereocenters. The molecule has 2 heterocycles. The Kier molecular flexibility index (Phi) is 10.5. The van der Waals surface area contributed by atoms with E-state index < -0.39 is 6.09 Å². The molecule has 30 heavy (non-hydrogen) atoms. The van der Waals surface area contributed by atoms with Crippen LogP contribution in [0.3, 0.4) is 0 Å². The number of nitrogens with two attached hydrogens (primary N) is 2. The van der Waals surface area contributed by atoms with Gasteiger partial charge in [-0.25, -0.2) is 14.8 Å². The third-order valence-electron chi connectivity index (χ3n) is 3.48. The summed E-state index contributed by atoms with van der Waals surface area (Å²) in [4.78, 5) is 31.5. The number of imidazole rings is 1. The van der Waals surface area contributed by atoms with Gasteiger partial charge in [0, 0.05) is 41.9 Å². The summed E-state index contributed by atoms with van der Waals surface area (Å²) in [6.07, 6.45) is 4.58. The van der Waals surface area contributed by atoms with Gasteiger partial charge in [0.25, 0.3) is 0 Å². The number of rotatable bonds is 11. The molecule has 0 saturated heterocycles. The van der Waals surface area contributed by atoms with Crippen molar-refractivity contribution in [3.63, 3.8) is 0 Å². The molecule has 0 bridgehead atoms. The van der Waals surface area contributed by atoms with Crippen LogP contribution in [0.15, 0.2) is 27.9 Å². The minimum Gasteiger partial charge on any atom is -0.450 e. The van der Waals surface area contributed by atoms with E-state index in [9.17, 15) is 4.79 Å². The number of guanidine groups is 2. The first-order valence-corrected chi connectivity index (χ1v) is 11.4. The maximum Gasteiger partial charge on any atom is 0.413 e. The van der Waals surface area contributed by atoms with Gasteiger partial charge in [-0.2, -0.15) is 16.8 Å². The smallest absolute Gasteiger partial charge is 0.413 e. The average Bonchev–Trinajstić information content (AvgIpc) is 3.36. The van der Waals surface area contributed by atoms with Crippen molar-refractivity contribution in [3.05, 3.63) is 29.3 Å². The Bertz CT molecular complexity index is 817. The highest BCUT2D eigenvalue weighted by Crippen LogP contribution is 2.21. The van der Waals surface area contributed by atoms with E-state index >= 15 is 0 Å². The van der Waals surface area contributed by atoms with Crippen LogP contribution in [0.5, 0.6) is 0 Å². The molecule has 0 aliphatic heterocycles. The fourth-order valence-electron chi connectivity index (χ4n) is 2.23. The van der Waals surface area contributed by atoms with E-state index in [0.717, 1.165) is 35.7 Å². The highest BCUT2D eigenvalue weighted by Gasteiger charge is 2.06. The summed E-state index contributed by atoms with van der Waals surface area (Å²) in [5.74, 6) is 1.94.